The summed E-state index contributed by atoms with van der Waals surface area (Å²) in [6.45, 7) is 7.88. The molecular formula is C23H30ClFN8O2. The van der Waals surface area contributed by atoms with E-state index in [4.69, 9.17) is 16.3 Å². The van der Waals surface area contributed by atoms with Crippen molar-refractivity contribution in [1.82, 2.24) is 25.6 Å². The number of likely N-dealkylation sites (N-methyl/N-ethyl adjacent to an activating group) is 1. The monoisotopic (exact) mass is 504 g/mol. The molecule has 2 aliphatic rings. The number of halogens is 2. The molecule has 1 saturated heterocycles. The Bertz CT molecular complexity index is 1050. The Labute approximate surface area is 209 Å². The Kier molecular flexibility index (Phi) is 9.21. The van der Waals surface area contributed by atoms with E-state index < -0.39 is 12.1 Å². The number of allylic oxidation sites excluding steroid dienone is 3. The number of aliphatic imine (C=N–C) groups is 2. The van der Waals surface area contributed by atoms with Crippen LogP contribution < -0.4 is 16.2 Å². The van der Waals surface area contributed by atoms with E-state index in [9.17, 15) is 9.18 Å². The van der Waals surface area contributed by atoms with Crippen LogP contribution in [0, 0.1) is 0 Å². The number of amides is 1. The van der Waals surface area contributed by atoms with Crippen molar-refractivity contribution in [2.24, 2.45) is 9.98 Å². The molecule has 12 heteroatoms. The van der Waals surface area contributed by atoms with Gasteiger partial charge in [0.1, 0.15) is 11.5 Å². The SMILES string of the molecule is C=C(/C(Cl)=C\C(=C/C)Nc1ccc(C(=O)NNC2=NCC(F)C(N3CCOCC3)=N2)nc1)N(C)C. The fourth-order valence-electron chi connectivity index (χ4n) is 3.16. The van der Waals surface area contributed by atoms with Crippen LogP contribution in [0.15, 0.2) is 63.5 Å². The number of carbonyl (C=O) groups is 1. The Morgan fingerprint density at radius 2 is 2.09 bits per heavy atom. The summed E-state index contributed by atoms with van der Waals surface area (Å²) in [5.41, 5.74) is 7.42. The van der Waals surface area contributed by atoms with Crippen LogP contribution in [-0.2, 0) is 4.74 Å². The molecule has 0 spiro atoms. The van der Waals surface area contributed by atoms with Gasteiger partial charge in [0.2, 0.25) is 5.96 Å². The largest absolute Gasteiger partial charge is 0.378 e. The van der Waals surface area contributed by atoms with Crippen LogP contribution in [0.5, 0.6) is 0 Å². The third kappa shape index (κ3) is 7.27. The molecular weight excluding hydrogens is 475 g/mol. The minimum atomic E-state index is -1.29. The number of nitrogens with zero attached hydrogens (tertiary/aromatic N) is 5. The summed E-state index contributed by atoms with van der Waals surface area (Å²) in [4.78, 5) is 28.6. The first-order valence-corrected chi connectivity index (χ1v) is 11.5. The quantitative estimate of drug-likeness (QED) is 0.403. The topological polar surface area (TPSA) is 106 Å². The standard InChI is InChI=1S/C23H30ClFN8O2/c1-5-16(12-18(24)15(2)32(3)4)28-17-6-7-20(26-13-17)22(34)30-31-23-27-14-19(25)21(29-23)33-8-10-35-11-9-33/h5-7,12-13,19,28H,2,8-11,14H2,1,3-4H3,(H,27,31)(H,30,34)/b16-5+,18-12+. The summed E-state index contributed by atoms with van der Waals surface area (Å²) in [7, 11) is 3.72. The summed E-state index contributed by atoms with van der Waals surface area (Å²) >= 11 is 6.31. The van der Waals surface area contributed by atoms with Crippen molar-refractivity contribution in [3.8, 4) is 0 Å². The molecule has 188 valence electrons. The van der Waals surface area contributed by atoms with Gasteiger partial charge < -0.3 is 19.9 Å². The van der Waals surface area contributed by atoms with E-state index in [1.807, 2.05) is 36.9 Å². The van der Waals surface area contributed by atoms with Gasteiger partial charge in [0, 0.05) is 38.6 Å². The number of carbonyl (C=O) groups excluding carboxylic acids is 1. The fourth-order valence-corrected chi connectivity index (χ4v) is 3.45. The lowest BCUT2D eigenvalue weighted by atomic mass is 10.2. The lowest BCUT2D eigenvalue weighted by Crippen LogP contribution is -2.49. The van der Waals surface area contributed by atoms with E-state index in [0.29, 0.717) is 42.7 Å². The number of rotatable bonds is 6. The van der Waals surface area contributed by atoms with Gasteiger partial charge in [0.25, 0.3) is 5.91 Å². The number of anilines is 1. The van der Waals surface area contributed by atoms with E-state index in [2.05, 4.69) is 37.7 Å². The van der Waals surface area contributed by atoms with Crippen LogP contribution in [0.25, 0.3) is 0 Å². The van der Waals surface area contributed by atoms with Crippen molar-refractivity contribution < 1.29 is 13.9 Å². The molecule has 1 amide bonds. The maximum atomic E-state index is 14.3. The summed E-state index contributed by atoms with van der Waals surface area (Å²) in [6.07, 6.45) is 3.85. The lowest BCUT2D eigenvalue weighted by molar-refractivity contribution is 0.0651. The number of pyridine rings is 1. The van der Waals surface area contributed by atoms with Gasteiger partial charge in [-0.2, -0.15) is 4.99 Å². The number of hydrogen-bond acceptors (Lipinski definition) is 9. The number of alkyl halides is 1. The van der Waals surface area contributed by atoms with Crippen molar-refractivity contribution in [2.45, 2.75) is 13.1 Å². The predicted octanol–water partition coefficient (Wildman–Crippen LogP) is 2.27. The van der Waals surface area contributed by atoms with Crippen molar-refractivity contribution in [3.63, 3.8) is 0 Å². The normalized spacial score (nSPS) is 18.9. The molecule has 0 aromatic carbocycles. The van der Waals surface area contributed by atoms with Crippen LogP contribution >= 0.6 is 11.6 Å². The predicted molar refractivity (Wildman–Crippen MR) is 136 cm³/mol. The number of amidine groups is 1. The van der Waals surface area contributed by atoms with Crippen molar-refractivity contribution in [2.75, 3.05) is 52.3 Å². The lowest BCUT2D eigenvalue weighted by Gasteiger charge is -2.32. The highest BCUT2D eigenvalue weighted by Gasteiger charge is 2.27. The van der Waals surface area contributed by atoms with E-state index >= 15 is 0 Å². The molecule has 0 saturated carbocycles. The molecule has 1 aromatic rings. The van der Waals surface area contributed by atoms with Crippen LogP contribution in [0.3, 0.4) is 0 Å². The van der Waals surface area contributed by atoms with Gasteiger partial charge in [-0.15, -0.1) is 0 Å². The zero-order valence-electron chi connectivity index (χ0n) is 20.0. The summed E-state index contributed by atoms with van der Waals surface area (Å²) in [5, 5.41) is 3.68. The molecule has 0 aliphatic carbocycles. The van der Waals surface area contributed by atoms with Crippen molar-refractivity contribution in [1.29, 1.82) is 0 Å². The van der Waals surface area contributed by atoms with Gasteiger partial charge in [0.15, 0.2) is 6.17 Å². The van der Waals surface area contributed by atoms with E-state index in [-0.39, 0.29) is 24.0 Å². The zero-order chi connectivity index (χ0) is 25.4. The van der Waals surface area contributed by atoms with Crippen LogP contribution in [0.1, 0.15) is 17.4 Å². The summed E-state index contributed by atoms with van der Waals surface area (Å²) in [5.74, 6) is -0.0642. The maximum absolute atomic E-state index is 14.3. The summed E-state index contributed by atoms with van der Waals surface area (Å²) < 4.78 is 19.6. The van der Waals surface area contributed by atoms with Gasteiger partial charge in [-0.3, -0.25) is 15.6 Å². The Morgan fingerprint density at radius 3 is 2.71 bits per heavy atom. The smallest absolute Gasteiger partial charge is 0.288 e. The molecule has 0 bridgehead atoms. The molecule has 2 aliphatic heterocycles. The zero-order valence-corrected chi connectivity index (χ0v) is 20.8. The molecule has 1 aromatic heterocycles. The average Bonchev–Trinajstić information content (AvgIpc) is 2.87. The van der Waals surface area contributed by atoms with Crippen LogP contribution in [0.4, 0.5) is 10.1 Å². The second-order valence-corrected chi connectivity index (χ2v) is 8.32. The molecule has 1 unspecified atom stereocenters. The molecule has 35 heavy (non-hydrogen) atoms. The molecule has 1 atom stereocenters. The van der Waals surface area contributed by atoms with Gasteiger partial charge >= 0.3 is 0 Å². The minimum Gasteiger partial charge on any atom is -0.378 e. The van der Waals surface area contributed by atoms with Gasteiger partial charge in [0.05, 0.1) is 36.7 Å². The first-order valence-electron chi connectivity index (χ1n) is 11.1. The minimum absolute atomic E-state index is 0.0688. The highest BCUT2D eigenvalue weighted by molar-refractivity contribution is 6.32. The maximum Gasteiger partial charge on any atom is 0.288 e. The van der Waals surface area contributed by atoms with Gasteiger partial charge in [-0.1, -0.05) is 24.3 Å². The molecule has 3 N–H and O–H groups in total. The fraction of sp³-hybridized carbons (Fsp3) is 0.391. The Morgan fingerprint density at radius 1 is 1.34 bits per heavy atom. The van der Waals surface area contributed by atoms with E-state index in [1.165, 1.54) is 6.20 Å². The van der Waals surface area contributed by atoms with Gasteiger partial charge in [-0.05, 0) is 25.1 Å². The number of aromatic nitrogens is 1. The number of hydrogen-bond donors (Lipinski definition) is 3. The van der Waals surface area contributed by atoms with Gasteiger partial charge in [-0.25, -0.2) is 14.4 Å². The molecule has 3 heterocycles. The Balaban J connectivity index is 1.57. The number of morpholine rings is 1. The third-order valence-corrected chi connectivity index (χ3v) is 5.55. The Hall–Kier alpha value is -3.44. The van der Waals surface area contributed by atoms with Crippen LogP contribution in [-0.4, -0.2) is 85.6 Å². The number of nitrogens with one attached hydrogen (secondary N) is 3. The number of hydrazine groups is 1. The van der Waals surface area contributed by atoms with Crippen molar-refractivity contribution >= 4 is 35.0 Å². The molecule has 3 rings (SSSR count). The molecule has 1 fully saturated rings. The third-order valence-electron chi connectivity index (χ3n) is 5.22. The summed E-state index contributed by atoms with van der Waals surface area (Å²) in [6, 6.07) is 3.29. The van der Waals surface area contributed by atoms with Crippen molar-refractivity contribution in [3.05, 3.63) is 59.2 Å². The first-order chi connectivity index (χ1) is 16.8. The number of ether oxygens (including phenoxy) is 1. The number of guanidine groups is 1. The second kappa shape index (κ2) is 12.3. The van der Waals surface area contributed by atoms with E-state index in [0.717, 1.165) is 5.70 Å². The molecule has 10 nitrogen and oxygen atoms in total. The average molecular weight is 505 g/mol. The highest BCUT2D eigenvalue weighted by Crippen LogP contribution is 2.19. The van der Waals surface area contributed by atoms with E-state index in [1.54, 1.807) is 18.2 Å². The van der Waals surface area contributed by atoms with Crippen LogP contribution in [0.2, 0.25) is 0 Å². The molecule has 0 radical (unpaired) electrons. The highest BCUT2D eigenvalue weighted by atomic mass is 35.5. The second-order valence-electron chi connectivity index (χ2n) is 7.91. The first kappa shape index (κ1) is 26.2.